The summed E-state index contributed by atoms with van der Waals surface area (Å²) in [6.07, 6.45) is 4.02. The highest BCUT2D eigenvalue weighted by Gasteiger charge is 2.44. The SMILES string of the molecule is CC(C)OC(=O)OCN1C(=O)CCC(N2Cc3cc(N4CCN(CC5CCN(c6ccc7c(n6)CN(C6CCC(Oc8ccc(C#N)c(Cl)c8)CC6)C7=O)CC5)CC4)c(F)cc3C2=O)C1=O. The van der Waals surface area contributed by atoms with E-state index in [9.17, 15) is 24.0 Å². The van der Waals surface area contributed by atoms with Crippen LogP contribution >= 0.6 is 11.6 Å². The Labute approximate surface area is 388 Å². The predicted molar refractivity (Wildman–Crippen MR) is 239 cm³/mol. The molecule has 2 aromatic carbocycles. The minimum atomic E-state index is -1.01. The van der Waals surface area contributed by atoms with Gasteiger partial charge in [-0.2, -0.15) is 5.26 Å². The third-order valence-electron chi connectivity index (χ3n) is 13.9. The summed E-state index contributed by atoms with van der Waals surface area (Å²) in [5.74, 6) is -0.0155. The second kappa shape index (κ2) is 19.1. The van der Waals surface area contributed by atoms with Crippen LogP contribution in [0.3, 0.4) is 0 Å². The maximum absolute atomic E-state index is 15.7. The molecule has 4 amide bonds. The summed E-state index contributed by atoms with van der Waals surface area (Å²) in [6, 6.07) is 13.3. The summed E-state index contributed by atoms with van der Waals surface area (Å²) in [5.41, 5.74) is 3.19. The number of fused-ring (bicyclic) bond motifs is 2. The van der Waals surface area contributed by atoms with E-state index in [-0.39, 0.29) is 43.0 Å². The normalized spacial score (nSPS) is 22.8. The molecule has 3 saturated heterocycles. The zero-order valence-corrected chi connectivity index (χ0v) is 38.0. The molecule has 3 aromatic rings. The zero-order valence-electron chi connectivity index (χ0n) is 37.3. The number of aromatic nitrogens is 1. The number of benzene rings is 2. The average Bonchev–Trinajstić information content (AvgIpc) is 3.80. The Hall–Kier alpha value is -5.99. The Morgan fingerprint density at radius 1 is 0.864 bits per heavy atom. The molecule has 5 aliphatic heterocycles. The number of anilines is 2. The highest BCUT2D eigenvalue weighted by Crippen LogP contribution is 2.36. The maximum Gasteiger partial charge on any atom is 0.510 e. The molecule has 0 bridgehead atoms. The standard InChI is InChI=1S/C48H54ClFN8O8/c1-29(2)65-48(63)64-28-58-44(59)12-10-41(47(58)62)57-26-32-21-42(39(50)23-37(32)46(57)61)54-19-17-53(18-20-54)25-30-13-15-55(16-14-30)43-11-9-36-40(52-43)27-56(45(36)60)33-4-7-34(8-5-33)66-35-6-3-31(24-51)38(49)22-35/h3,6,9,11,21-23,29-30,33-34,41H,4-5,7-8,10,12-20,25-28H2,1-2H3. The summed E-state index contributed by atoms with van der Waals surface area (Å²) in [4.78, 5) is 81.0. The van der Waals surface area contributed by atoms with Crippen LogP contribution in [0.1, 0.15) is 103 Å². The van der Waals surface area contributed by atoms with Gasteiger partial charge in [-0.05, 0) is 107 Å². The van der Waals surface area contributed by atoms with E-state index in [1.165, 1.54) is 11.0 Å². The Morgan fingerprint density at radius 2 is 1.61 bits per heavy atom. The second-order valence-corrected chi connectivity index (χ2v) is 18.8. The highest BCUT2D eigenvalue weighted by atomic mass is 35.5. The zero-order chi connectivity index (χ0) is 46.2. The number of carbonyl (C=O) groups is 5. The van der Waals surface area contributed by atoms with Gasteiger partial charge in [-0.3, -0.25) is 24.1 Å². The van der Waals surface area contributed by atoms with Crippen molar-refractivity contribution in [3.05, 3.63) is 81.3 Å². The number of piperazine rings is 1. The molecule has 0 N–H and O–H groups in total. The molecule has 66 heavy (non-hydrogen) atoms. The van der Waals surface area contributed by atoms with Gasteiger partial charge in [0, 0.05) is 76.5 Å². The van der Waals surface area contributed by atoms with Gasteiger partial charge in [0.1, 0.15) is 29.5 Å². The number of pyridine rings is 1. The van der Waals surface area contributed by atoms with E-state index in [0.717, 1.165) is 87.7 Å². The monoisotopic (exact) mass is 924 g/mol. The summed E-state index contributed by atoms with van der Waals surface area (Å²) in [7, 11) is 0. The van der Waals surface area contributed by atoms with E-state index >= 15 is 4.39 Å². The summed E-state index contributed by atoms with van der Waals surface area (Å²) in [6.45, 7) is 8.78. The fourth-order valence-electron chi connectivity index (χ4n) is 10.3. The van der Waals surface area contributed by atoms with Gasteiger partial charge in [-0.15, -0.1) is 0 Å². The van der Waals surface area contributed by atoms with Gasteiger partial charge in [-0.1, -0.05) is 11.6 Å². The quantitative estimate of drug-likeness (QED) is 0.159. The molecule has 1 saturated carbocycles. The summed E-state index contributed by atoms with van der Waals surface area (Å²) < 4.78 is 31.8. The molecule has 0 spiro atoms. The van der Waals surface area contributed by atoms with Crippen LogP contribution in [-0.2, 0) is 32.2 Å². The lowest BCUT2D eigenvalue weighted by atomic mass is 9.92. The van der Waals surface area contributed by atoms with Gasteiger partial charge in [0.2, 0.25) is 5.91 Å². The van der Waals surface area contributed by atoms with Crippen molar-refractivity contribution < 1.29 is 42.6 Å². The number of hydrogen-bond donors (Lipinski definition) is 0. The number of piperidine rings is 2. The number of ether oxygens (including phenoxy) is 3. The summed E-state index contributed by atoms with van der Waals surface area (Å²) >= 11 is 6.20. The van der Waals surface area contributed by atoms with Crippen LogP contribution in [0.25, 0.3) is 0 Å². The van der Waals surface area contributed by atoms with Crippen LogP contribution in [0.5, 0.6) is 5.75 Å². The molecular formula is C48H54ClFN8O8. The lowest BCUT2D eigenvalue weighted by Gasteiger charge is -2.40. The largest absolute Gasteiger partial charge is 0.510 e. The second-order valence-electron chi connectivity index (χ2n) is 18.4. The third kappa shape index (κ3) is 9.35. The minimum Gasteiger partial charge on any atom is -0.490 e. The molecule has 18 heteroatoms. The van der Waals surface area contributed by atoms with E-state index in [0.29, 0.717) is 58.7 Å². The first-order valence-electron chi connectivity index (χ1n) is 23.0. The van der Waals surface area contributed by atoms with E-state index in [2.05, 4.69) is 15.9 Å². The van der Waals surface area contributed by atoms with Crippen LogP contribution in [0.2, 0.25) is 5.02 Å². The van der Waals surface area contributed by atoms with Crippen LogP contribution in [0.15, 0.2) is 42.5 Å². The molecular weight excluding hydrogens is 871 g/mol. The highest BCUT2D eigenvalue weighted by molar-refractivity contribution is 6.31. The van der Waals surface area contributed by atoms with Gasteiger partial charge in [0.05, 0.1) is 46.3 Å². The molecule has 1 aromatic heterocycles. The molecule has 0 radical (unpaired) electrons. The molecule has 348 valence electrons. The van der Waals surface area contributed by atoms with E-state index in [4.69, 9.17) is 36.1 Å². The lowest BCUT2D eigenvalue weighted by Crippen LogP contribution is -2.55. The average molecular weight is 925 g/mol. The van der Waals surface area contributed by atoms with Crippen LogP contribution in [0.4, 0.5) is 20.7 Å². The van der Waals surface area contributed by atoms with Crippen molar-refractivity contribution in [2.45, 2.75) is 103 Å². The topological polar surface area (TPSA) is 169 Å². The Morgan fingerprint density at radius 3 is 2.32 bits per heavy atom. The van der Waals surface area contributed by atoms with E-state index < -0.39 is 48.6 Å². The van der Waals surface area contributed by atoms with Crippen LogP contribution in [-0.4, -0.2) is 131 Å². The van der Waals surface area contributed by atoms with Crippen molar-refractivity contribution >= 4 is 52.9 Å². The maximum atomic E-state index is 15.7. The fourth-order valence-corrected chi connectivity index (χ4v) is 10.5. The number of halogens is 2. The van der Waals surface area contributed by atoms with Gasteiger partial charge < -0.3 is 33.8 Å². The van der Waals surface area contributed by atoms with Gasteiger partial charge in [0.25, 0.3) is 17.7 Å². The van der Waals surface area contributed by atoms with Crippen molar-refractivity contribution in [3.8, 4) is 11.8 Å². The van der Waals surface area contributed by atoms with Crippen molar-refractivity contribution in [2.75, 3.05) is 62.3 Å². The smallest absolute Gasteiger partial charge is 0.490 e. The number of nitrogens with zero attached hydrogens (tertiary/aromatic N) is 8. The number of rotatable bonds is 11. The first-order valence-corrected chi connectivity index (χ1v) is 23.4. The van der Waals surface area contributed by atoms with Crippen molar-refractivity contribution in [2.24, 2.45) is 5.92 Å². The Bertz CT molecular complexity index is 2440. The number of carbonyl (C=O) groups excluding carboxylic acids is 5. The molecule has 1 atom stereocenters. The Kier molecular flexibility index (Phi) is 13.1. The van der Waals surface area contributed by atoms with Crippen molar-refractivity contribution in [3.63, 3.8) is 0 Å². The molecule has 1 unspecified atom stereocenters. The number of hydrogen-bond acceptors (Lipinski definition) is 13. The molecule has 6 heterocycles. The number of imide groups is 1. The molecule has 9 rings (SSSR count). The number of likely N-dealkylation sites (tertiary alicyclic amines) is 1. The third-order valence-corrected chi connectivity index (χ3v) is 14.2. The van der Waals surface area contributed by atoms with Gasteiger partial charge >= 0.3 is 6.16 Å². The lowest BCUT2D eigenvalue weighted by molar-refractivity contribution is -0.157. The minimum absolute atomic E-state index is 0.0162. The first-order chi connectivity index (χ1) is 31.8. The number of nitriles is 1. The van der Waals surface area contributed by atoms with E-state index in [1.807, 2.05) is 21.9 Å². The number of amides is 4. The fraction of sp³-hybridized carbons (Fsp3) is 0.521. The molecule has 6 aliphatic rings. The first kappa shape index (κ1) is 45.2. The summed E-state index contributed by atoms with van der Waals surface area (Å²) in [5, 5.41) is 9.54. The Balaban J connectivity index is 0.725. The van der Waals surface area contributed by atoms with Gasteiger partial charge in [-0.25, -0.2) is 19.1 Å². The predicted octanol–water partition coefficient (Wildman–Crippen LogP) is 6.12. The van der Waals surface area contributed by atoms with Crippen LogP contribution < -0.4 is 14.5 Å². The molecule has 1 aliphatic carbocycles. The molecule has 16 nitrogen and oxygen atoms in total. The van der Waals surface area contributed by atoms with Gasteiger partial charge in [0.15, 0.2) is 6.73 Å². The van der Waals surface area contributed by atoms with Crippen molar-refractivity contribution in [1.29, 1.82) is 5.26 Å². The van der Waals surface area contributed by atoms with Crippen molar-refractivity contribution in [1.82, 2.24) is 24.6 Å². The molecule has 4 fully saturated rings. The van der Waals surface area contributed by atoms with E-state index in [1.54, 1.807) is 38.1 Å². The van der Waals surface area contributed by atoms with Crippen LogP contribution in [0, 0.1) is 23.1 Å².